The monoisotopic (exact) mass is 442 g/mol. The predicted molar refractivity (Wildman–Crippen MR) is 119 cm³/mol. The number of nitrogens with one attached hydrogen (secondary N) is 1. The number of carbonyl (C=O) groups excluding carboxylic acids is 3. The zero-order chi connectivity index (χ0) is 23.6. The summed E-state index contributed by atoms with van der Waals surface area (Å²) in [6.07, 6.45) is -0.355. The summed E-state index contributed by atoms with van der Waals surface area (Å²) in [5.74, 6) is -1.18. The average Bonchev–Trinajstić information content (AvgIpc) is 2.76. The van der Waals surface area contributed by atoms with Crippen molar-refractivity contribution in [1.82, 2.24) is 10.4 Å². The van der Waals surface area contributed by atoms with Gasteiger partial charge in [-0.15, -0.1) is 5.06 Å². The van der Waals surface area contributed by atoms with Gasteiger partial charge in [-0.25, -0.2) is 9.59 Å². The summed E-state index contributed by atoms with van der Waals surface area (Å²) < 4.78 is 10.2. The smallest absolute Gasteiger partial charge is 0.407 e. The van der Waals surface area contributed by atoms with Crippen LogP contribution in [0.2, 0.25) is 0 Å². The number of hydrogen-bond acceptors (Lipinski definition) is 7. The van der Waals surface area contributed by atoms with Crippen molar-refractivity contribution < 1.29 is 28.7 Å². The number of methoxy groups -OCH3 is 1. The third kappa shape index (κ3) is 8.39. The van der Waals surface area contributed by atoms with Crippen molar-refractivity contribution in [3.05, 3.63) is 71.8 Å². The molecule has 0 heterocycles. The highest BCUT2D eigenvalue weighted by atomic mass is 16.7. The van der Waals surface area contributed by atoms with Gasteiger partial charge in [0.1, 0.15) is 11.6 Å². The molecule has 0 radical (unpaired) electrons. The molecule has 172 valence electrons. The minimum Gasteiger partial charge on any atom is -0.468 e. The van der Waals surface area contributed by atoms with Crippen molar-refractivity contribution in [2.75, 3.05) is 20.2 Å². The van der Waals surface area contributed by atoms with Gasteiger partial charge in [-0.05, 0) is 38.5 Å². The molecule has 2 aromatic carbocycles. The Morgan fingerprint density at radius 2 is 1.56 bits per heavy atom. The largest absolute Gasteiger partial charge is 0.468 e. The lowest BCUT2D eigenvalue weighted by Crippen LogP contribution is -2.48. The highest BCUT2D eigenvalue weighted by molar-refractivity contribution is 5.89. The van der Waals surface area contributed by atoms with E-state index in [0.717, 1.165) is 5.56 Å². The number of esters is 1. The maximum atomic E-state index is 12.7. The van der Waals surface area contributed by atoms with E-state index in [1.54, 1.807) is 51.1 Å². The van der Waals surface area contributed by atoms with Gasteiger partial charge in [0.05, 0.1) is 19.2 Å². The van der Waals surface area contributed by atoms with Crippen molar-refractivity contribution in [3.8, 4) is 0 Å². The highest BCUT2D eigenvalue weighted by Crippen LogP contribution is 2.14. The Kier molecular flexibility index (Phi) is 9.22. The van der Waals surface area contributed by atoms with Crippen LogP contribution >= 0.6 is 0 Å². The number of rotatable bonds is 9. The van der Waals surface area contributed by atoms with Crippen LogP contribution in [0, 0.1) is 0 Å². The Hall–Kier alpha value is -3.39. The van der Waals surface area contributed by atoms with E-state index in [0.29, 0.717) is 5.56 Å². The van der Waals surface area contributed by atoms with Gasteiger partial charge in [-0.1, -0.05) is 48.5 Å². The first kappa shape index (κ1) is 24.9. The molecule has 0 aromatic heterocycles. The fourth-order valence-electron chi connectivity index (χ4n) is 2.86. The summed E-state index contributed by atoms with van der Waals surface area (Å²) in [7, 11) is 1.27. The molecule has 8 heteroatoms. The van der Waals surface area contributed by atoms with Gasteiger partial charge in [0.2, 0.25) is 0 Å². The third-order valence-electron chi connectivity index (χ3n) is 4.30. The van der Waals surface area contributed by atoms with Crippen LogP contribution in [0.4, 0.5) is 4.79 Å². The maximum absolute atomic E-state index is 12.7. The van der Waals surface area contributed by atoms with Crippen LogP contribution in [0.15, 0.2) is 60.7 Å². The first-order chi connectivity index (χ1) is 15.2. The van der Waals surface area contributed by atoms with E-state index < -0.39 is 29.7 Å². The van der Waals surface area contributed by atoms with Crippen LogP contribution < -0.4 is 5.32 Å². The van der Waals surface area contributed by atoms with E-state index in [2.05, 4.69) is 5.32 Å². The van der Waals surface area contributed by atoms with Crippen molar-refractivity contribution in [1.29, 1.82) is 0 Å². The zero-order valence-corrected chi connectivity index (χ0v) is 18.9. The zero-order valence-electron chi connectivity index (χ0n) is 18.9. The van der Waals surface area contributed by atoms with Crippen molar-refractivity contribution in [2.45, 2.75) is 38.8 Å². The molecule has 0 saturated carbocycles. The maximum Gasteiger partial charge on any atom is 0.407 e. The second kappa shape index (κ2) is 11.9. The molecule has 0 aliphatic rings. The molecule has 32 heavy (non-hydrogen) atoms. The summed E-state index contributed by atoms with van der Waals surface area (Å²) in [4.78, 5) is 42.8. The molecule has 1 atom stereocenters. The number of ether oxygens (including phenoxy) is 2. The van der Waals surface area contributed by atoms with E-state index in [4.69, 9.17) is 14.3 Å². The Labute approximate surface area is 188 Å². The Balaban J connectivity index is 2.18. The Morgan fingerprint density at radius 3 is 2.12 bits per heavy atom. The van der Waals surface area contributed by atoms with Gasteiger partial charge in [0.25, 0.3) is 0 Å². The fourth-order valence-corrected chi connectivity index (χ4v) is 2.86. The van der Waals surface area contributed by atoms with Gasteiger partial charge in [0.15, 0.2) is 0 Å². The summed E-state index contributed by atoms with van der Waals surface area (Å²) in [6, 6.07) is 16.9. The van der Waals surface area contributed by atoms with E-state index in [-0.39, 0.29) is 19.5 Å². The molecule has 1 unspecified atom stereocenters. The number of benzene rings is 2. The van der Waals surface area contributed by atoms with Crippen molar-refractivity contribution in [3.63, 3.8) is 0 Å². The van der Waals surface area contributed by atoms with Crippen LogP contribution in [0.3, 0.4) is 0 Å². The molecule has 0 fully saturated rings. The molecule has 1 N–H and O–H groups in total. The molecule has 0 bridgehead atoms. The van der Waals surface area contributed by atoms with Crippen molar-refractivity contribution in [2.24, 2.45) is 0 Å². The molecule has 2 aromatic rings. The summed E-state index contributed by atoms with van der Waals surface area (Å²) in [5, 5.41) is 3.85. The average molecular weight is 443 g/mol. The van der Waals surface area contributed by atoms with Gasteiger partial charge in [0, 0.05) is 13.0 Å². The molecule has 0 aliphatic carbocycles. The number of carbonyl (C=O) groups is 3. The second-order valence-electron chi connectivity index (χ2n) is 8.04. The number of amides is 1. The fraction of sp³-hybridized carbons (Fsp3) is 0.375. The van der Waals surface area contributed by atoms with Crippen molar-refractivity contribution >= 4 is 18.0 Å². The molecular formula is C24H30N2O6. The predicted octanol–water partition coefficient (Wildman–Crippen LogP) is 3.37. The van der Waals surface area contributed by atoms with E-state index in [9.17, 15) is 14.4 Å². The van der Waals surface area contributed by atoms with Gasteiger partial charge in [-0.3, -0.25) is 4.79 Å². The van der Waals surface area contributed by atoms with Gasteiger partial charge >= 0.3 is 18.0 Å². The molecule has 8 nitrogen and oxygen atoms in total. The number of hydrogen-bond donors (Lipinski definition) is 1. The number of nitrogens with zero attached hydrogens (tertiary/aromatic N) is 1. The van der Waals surface area contributed by atoms with Crippen LogP contribution in [0.1, 0.15) is 36.7 Å². The Morgan fingerprint density at radius 1 is 0.969 bits per heavy atom. The molecular weight excluding hydrogens is 412 g/mol. The SMILES string of the molecule is COC(=O)C(Cc1ccccc1)N(CCNC(=O)OC(C)(C)C)OC(=O)c1ccccc1. The summed E-state index contributed by atoms with van der Waals surface area (Å²) in [5.41, 5.74) is 0.551. The minimum atomic E-state index is -0.907. The standard InChI is InChI=1S/C24H30N2O6/c1-24(2,3)31-23(29)25-15-16-26(32-21(27)19-13-9-6-10-14-19)20(22(28)30-4)17-18-11-7-5-8-12-18/h5-14,20H,15-17H2,1-4H3,(H,25,29). The van der Waals surface area contributed by atoms with Crippen LogP contribution in [0.25, 0.3) is 0 Å². The first-order valence-corrected chi connectivity index (χ1v) is 10.3. The normalized spacial score (nSPS) is 12.0. The molecule has 2 rings (SSSR count). The highest BCUT2D eigenvalue weighted by Gasteiger charge is 2.31. The molecule has 0 saturated heterocycles. The molecule has 0 spiro atoms. The van der Waals surface area contributed by atoms with E-state index in [1.165, 1.54) is 12.2 Å². The quantitative estimate of drug-likeness (QED) is 0.470. The summed E-state index contributed by atoms with van der Waals surface area (Å²) in [6.45, 7) is 5.40. The third-order valence-corrected chi connectivity index (χ3v) is 4.30. The number of alkyl carbamates (subject to hydrolysis) is 1. The molecule has 1 amide bonds. The van der Waals surface area contributed by atoms with Crippen LogP contribution in [0.5, 0.6) is 0 Å². The topological polar surface area (TPSA) is 94.2 Å². The van der Waals surface area contributed by atoms with Gasteiger partial charge in [-0.2, -0.15) is 0 Å². The minimum absolute atomic E-state index is 0.0460. The number of hydroxylamine groups is 2. The lowest BCUT2D eigenvalue weighted by molar-refractivity contribution is -0.173. The molecule has 0 aliphatic heterocycles. The van der Waals surface area contributed by atoms with Gasteiger partial charge < -0.3 is 19.6 Å². The van der Waals surface area contributed by atoms with Crippen LogP contribution in [-0.2, 0) is 25.5 Å². The summed E-state index contributed by atoms with van der Waals surface area (Å²) >= 11 is 0. The van der Waals surface area contributed by atoms with Crippen LogP contribution in [-0.4, -0.2) is 54.9 Å². The first-order valence-electron chi connectivity index (χ1n) is 10.3. The second-order valence-corrected chi connectivity index (χ2v) is 8.04. The Bertz CT molecular complexity index is 880. The lowest BCUT2D eigenvalue weighted by atomic mass is 10.1. The van der Waals surface area contributed by atoms with E-state index in [1.807, 2.05) is 30.3 Å². The lowest BCUT2D eigenvalue weighted by Gasteiger charge is -2.28. The van der Waals surface area contributed by atoms with E-state index >= 15 is 0 Å².